The summed E-state index contributed by atoms with van der Waals surface area (Å²) < 4.78 is 0. The minimum atomic E-state index is 0.550. The van der Waals surface area contributed by atoms with Crippen LogP contribution in [-0.4, -0.2) is 0 Å². The molecule has 162 valence electrons. The standard InChI is InChI=1S/C28H50/c1-27(2,23-15-6-4-7-16-23)21-28(3,24-17-8-5-9-18-24)26-20-12-14-22-13-10-11-19-25(22)26/h22-26H,4-21H2,1-3H3. The van der Waals surface area contributed by atoms with Crippen LogP contribution in [0.1, 0.15) is 136 Å². The number of hydrogen-bond acceptors (Lipinski definition) is 0. The Labute approximate surface area is 177 Å². The van der Waals surface area contributed by atoms with Gasteiger partial charge in [-0.3, -0.25) is 0 Å². The van der Waals surface area contributed by atoms with Gasteiger partial charge < -0.3 is 0 Å². The summed E-state index contributed by atoms with van der Waals surface area (Å²) in [6.45, 7) is 8.20. The van der Waals surface area contributed by atoms with Gasteiger partial charge in [-0.2, -0.15) is 0 Å². The predicted molar refractivity (Wildman–Crippen MR) is 122 cm³/mol. The van der Waals surface area contributed by atoms with Gasteiger partial charge >= 0.3 is 0 Å². The molecule has 0 nitrogen and oxygen atoms in total. The molecular formula is C28H50. The van der Waals surface area contributed by atoms with Crippen LogP contribution in [0.5, 0.6) is 0 Å². The quantitative estimate of drug-likeness (QED) is 0.441. The van der Waals surface area contributed by atoms with Crippen molar-refractivity contribution < 1.29 is 0 Å². The molecule has 4 fully saturated rings. The third-order valence-corrected chi connectivity index (χ3v) is 10.5. The maximum atomic E-state index is 2.83. The first-order valence-electron chi connectivity index (χ1n) is 13.5. The van der Waals surface area contributed by atoms with E-state index in [1.54, 1.807) is 38.5 Å². The minimum Gasteiger partial charge on any atom is -0.0596 e. The van der Waals surface area contributed by atoms with Gasteiger partial charge in [-0.05, 0) is 85.4 Å². The molecule has 4 unspecified atom stereocenters. The van der Waals surface area contributed by atoms with E-state index in [4.69, 9.17) is 0 Å². The fourth-order valence-electron chi connectivity index (χ4n) is 9.11. The summed E-state index contributed by atoms with van der Waals surface area (Å²) in [5.74, 6) is 5.23. The molecular weight excluding hydrogens is 336 g/mol. The van der Waals surface area contributed by atoms with E-state index in [9.17, 15) is 0 Å². The van der Waals surface area contributed by atoms with Crippen LogP contribution in [-0.2, 0) is 0 Å². The van der Waals surface area contributed by atoms with E-state index in [-0.39, 0.29) is 0 Å². The van der Waals surface area contributed by atoms with Crippen molar-refractivity contribution in [1.82, 2.24) is 0 Å². The zero-order valence-electron chi connectivity index (χ0n) is 19.6. The van der Waals surface area contributed by atoms with Gasteiger partial charge in [0.15, 0.2) is 0 Å². The molecule has 0 N–H and O–H groups in total. The van der Waals surface area contributed by atoms with E-state index in [1.165, 1.54) is 77.0 Å². The molecule has 0 heteroatoms. The topological polar surface area (TPSA) is 0 Å². The Morgan fingerprint density at radius 2 is 1.07 bits per heavy atom. The molecule has 4 atom stereocenters. The van der Waals surface area contributed by atoms with Crippen LogP contribution in [0, 0.1) is 40.4 Å². The molecule has 0 aromatic rings. The second kappa shape index (κ2) is 9.01. The molecule has 0 spiro atoms. The molecule has 4 rings (SSSR count). The summed E-state index contributed by atoms with van der Waals surface area (Å²) in [5.41, 5.74) is 1.16. The third-order valence-electron chi connectivity index (χ3n) is 10.5. The summed E-state index contributed by atoms with van der Waals surface area (Å²) in [4.78, 5) is 0. The summed E-state index contributed by atoms with van der Waals surface area (Å²) >= 11 is 0. The van der Waals surface area contributed by atoms with E-state index in [0.717, 1.165) is 29.6 Å². The van der Waals surface area contributed by atoms with Gasteiger partial charge in [0.25, 0.3) is 0 Å². The Morgan fingerprint density at radius 1 is 0.536 bits per heavy atom. The van der Waals surface area contributed by atoms with Crippen LogP contribution in [0.2, 0.25) is 0 Å². The second-order valence-corrected chi connectivity index (χ2v) is 12.6. The molecule has 0 aliphatic heterocycles. The highest BCUT2D eigenvalue weighted by atomic mass is 14.6. The lowest BCUT2D eigenvalue weighted by molar-refractivity contribution is -0.0688. The van der Waals surface area contributed by atoms with Crippen LogP contribution >= 0.6 is 0 Å². The first-order chi connectivity index (χ1) is 13.5. The normalized spacial score (nSPS) is 35.9. The van der Waals surface area contributed by atoms with Gasteiger partial charge in [-0.1, -0.05) is 91.4 Å². The first-order valence-corrected chi connectivity index (χ1v) is 13.5. The smallest absolute Gasteiger partial charge is 0.0261 e. The zero-order valence-corrected chi connectivity index (χ0v) is 19.6. The highest BCUT2D eigenvalue weighted by molar-refractivity contribution is 5.00. The van der Waals surface area contributed by atoms with E-state index < -0.39 is 0 Å². The molecule has 4 aliphatic carbocycles. The van der Waals surface area contributed by atoms with Gasteiger partial charge in [0, 0.05) is 0 Å². The maximum absolute atomic E-state index is 2.83. The van der Waals surface area contributed by atoms with Crippen molar-refractivity contribution in [3.8, 4) is 0 Å². The molecule has 28 heavy (non-hydrogen) atoms. The zero-order chi connectivity index (χ0) is 19.6. The highest BCUT2D eigenvalue weighted by Crippen LogP contribution is 2.60. The van der Waals surface area contributed by atoms with Crippen molar-refractivity contribution in [2.24, 2.45) is 40.4 Å². The Kier molecular flexibility index (Phi) is 6.84. The predicted octanol–water partition coefficient (Wildman–Crippen LogP) is 9.18. The van der Waals surface area contributed by atoms with Crippen LogP contribution < -0.4 is 0 Å². The summed E-state index contributed by atoms with van der Waals surface area (Å²) in [6.07, 6.45) is 27.6. The number of fused-ring (bicyclic) bond motifs is 1. The van der Waals surface area contributed by atoms with Crippen molar-refractivity contribution in [1.29, 1.82) is 0 Å². The molecule has 0 heterocycles. The SMILES string of the molecule is CC(C)(CC(C)(C1CCCCC1)C1CCCC2CCCCC21)C1CCCCC1. The Bertz CT molecular complexity index is 476. The molecule has 0 bridgehead atoms. The lowest BCUT2D eigenvalue weighted by atomic mass is 9.49. The van der Waals surface area contributed by atoms with Gasteiger partial charge in [-0.25, -0.2) is 0 Å². The highest BCUT2D eigenvalue weighted by Gasteiger charge is 2.51. The van der Waals surface area contributed by atoms with Gasteiger partial charge in [0.2, 0.25) is 0 Å². The van der Waals surface area contributed by atoms with Crippen molar-refractivity contribution in [2.45, 2.75) is 136 Å². The Morgan fingerprint density at radius 3 is 1.75 bits per heavy atom. The fraction of sp³-hybridized carbons (Fsp3) is 1.00. The fourth-order valence-corrected chi connectivity index (χ4v) is 9.11. The average molecular weight is 387 g/mol. The van der Waals surface area contributed by atoms with Crippen LogP contribution in [0.15, 0.2) is 0 Å². The van der Waals surface area contributed by atoms with Gasteiger partial charge in [-0.15, -0.1) is 0 Å². The summed E-state index contributed by atoms with van der Waals surface area (Å²) in [7, 11) is 0. The second-order valence-electron chi connectivity index (χ2n) is 12.6. The lowest BCUT2D eigenvalue weighted by Gasteiger charge is -2.56. The minimum absolute atomic E-state index is 0.550. The van der Waals surface area contributed by atoms with E-state index >= 15 is 0 Å². The van der Waals surface area contributed by atoms with Gasteiger partial charge in [0.1, 0.15) is 0 Å². The average Bonchev–Trinajstić information content (AvgIpc) is 2.74. The number of rotatable bonds is 5. The molecule has 0 amide bonds. The molecule has 0 radical (unpaired) electrons. The molecule has 0 saturated heterocycles. The lowest BCUT2D eigenvalue weighted by Crippen LogP contribution is -2.48. The Balaban J connectivity index is 1.59. The number of hydrogen-bond donors (Lipinski definition) is 0. The van der Waals surface area contributed by atoms with Crippen LogP contribution in [0.25, 0.3) is 0 Å². The maximum Gasteiger partial charge on any atom is -0.0261 e. The van der Waals surface area contributed by atoms with Gasteiger partial charge in [0.05, 0.1) is 0 Å². The van der Waals surface area contributed by atoms with E-state index in [1.807, 2.05) is 0 Å². The van der Waals surface area contributed by atoms with Crippen molar-refractivity contribution in [2.75, 3.05) is 0 Å². The monoisotopic (exact) mass is 386 g/mol. The molecule has 0 aromatic heterocycles. The van der Waals surface area contributed by atoms with Crippen molar-refractivity contribution in [3.05, 3.63) is 0 Å². The van der Waals surface area contributed by atoms with Crippen molar-refractivity contribution >= 4 is 0 Å². The third kappa shape index (κ3) is 4.37. The Hall–Kier alpha value is 0. The van der Waals surface area contributed by atoms with E-state index in [0.29, 0.717) is 10.8 Å². The molecule has 4 saturated carbocycles. The largest absolute Gasteiger partial charge is 0.0596 e. The van der Waals surface area contributed by atoms with Crippen molar-refractivity contribution in [3.63, 3.8) is 0 Å². The van der Waals surface area contributed by atoms with E-state index in [2.05, 4.69) is 20.8 Å². The van der Waals surface area contributed by atoms with Crippen LogP contribution in [0.3, 0.4) is 0 Å². The summed E-state index contributed by atoms with van der Waals surface area (Å²) in [6, 6.07) is 0. The molecule has 0 aromatic carbocycles. The van der Waals surface area contributed by atoms with Crippen LogP contribution in [0.4, 0.5) is 0 Å². The first kappa shape index (κ1) is 21.2. The molecule has 4 aliphatic rings. The summed E-state index contributed by atoms with van der Waals surface area (Å²) in [5, 5.41) is 0.